The Labute approximate surface area is 120 Å². The summed E-state index contributed by atoms with van der Waals surface area (Å²) in [4.78, 5) is 4.23. The van der Waals surface area contributed by atoms with E-state index in [1.807, 2.05) is 6.07 Å². The largest absolute Gasteiger partial charge is 0.463 e. The van der Waals surface area contributed by atoms with E-state index < -0.39 is 0 Å². The lowest BCUT2D eigenvalue weighted by atomic mass is 10.0. The fourth-order valence-corrected chi connectivity index (χ4v) is 2.09. The number of anilines is 1. The number of nitrogens with two attached hydrogens (primary N) is 1. The second-order valence-corrected chi connectivity index (χ2v) is 4.42. The maximum Gasteiger partial charge on any atom is 0.152 e. The van der Waals surface area contributed by atoms with E-state index in [1.165, 1.54) is 18.4 Å². The topological polar surface area (TPSA) is 75.8 Å². The van der Waals surface area contributed by atoms with Crippen molar-refractivity contribution in [3.63, 3.8) is 0 Å². The molecule has 0 aliphatic heterocycles. The predicted molar refractivity (Wildman–Crippen MR) is 76.5 cm³/mol. The summed E-state index contributed by atoms with van der Waals surface area (Å²) in [6.07, 6.45) is 1.51. The van der Waals surface area contributed by atoms with Gasteiger partial charge in [-0.25, -0.2) is 9.37 Å². The fraction of sp³-hybridized carbons (Fsp3) is 0. The first-order valence-electron chi connectivity index (χ1n) is 6.19. The SMILES string of the molecule is N#Cc1cc(-c2cccc(F)c2)c(-c2ccco2)nc1N. The number of furan rings is 1. The highest BCUT2D eigenvalue weighted by Crippen LogP contribution is 2.33. The smallest absolute Gasteiger partial charge is 0.152 e. The van der Waals surface area contributed by atoms with Crippen molar-refractivity contribution < 1.29 is 8.81 Å². The average Bonchev–Trinajstić information content (AvgIpc) is 3.01. The second-order valence-electron chi connectivity index (χ2n) is 4.42. The fourth-order valence-electron chi connectivity index (χ4n) is 2.09. The number of aromatic nitrogens is 1. The van der Waals surface area contributed by atoms with Crippen LogP contribution in [0.3, 0.4) is 0 Å². The van der Waals surface area contributed by atoms with Gasteiger partial charge in [0.2, 0.25) is 0 Å². The van der Waals surface area contributed by atoms with E-state index in [1.54, 1.807) is 30.3 Å². The summed E-state index contributed by atoms with van der Waals surface area (Å²) in [6, 6.07) is 13.1. The van der Waals surface area contributed by atoms with Gasteiger partial charge in [0.15, 0.2) is 5.76 Å². The van der Waals surface area contributed by atoms with Crippen LogP contribution in [0.15, 0.2) is 53.1 Å². The van der Waals surface area contributed by atoms with E-state index >= 15 is 0 Å². The predicted octanol–water partition coefficient (Wildman–Crippen LogP) is 3.60. The number of nitriles is 1. The molecule has 4 nitrogen and oxygen atoms in total. The third-order valence-electron chi connectivity index (χ3n) is 3.06. The van der Waals surface area contributed by atoms with Crippen LogP contribution >= 0.6 is 0 Å². The van der Waals surface area contributed by atoms with Gasteiger partial charge in [-0.1, -0.05) is 12.1 Å². The lowest BCUT2D eigenvalue weighted by Gasteiger charge is -2.09. The van der Waals surface area contributed by atoms with Crippen LogP contribution in [0.4, 0.5) is 10.2 Å². The van der Waals surface area contributed by atoms with Crippen LogP contribution in [0.2, 0.25) is 0 Å². The second kappa shape index (κ2) is 5.10. The molecule has 5 heteroatoms. The Morgan fingerprint density at radius 3 is 2.71 bits per heavy atom. The van der Waals surface area contributed by atoms with E-state index in [4.69, 9.17) is 15.4 Å². The van der Waals surface area contributed by atoms with Crippen molar-refractivity contribution in [2.24, 2.45) is 0 Å². The summed E-state index contributed by atoms with van der Waals surface area (Å²) < 4.78 is 18.8. The van der Waals surface area contributed by atoms with Gasteiger partial charge in [-0.05, 0) is 35.9 Å². The van der Waals surface area contributed by atoms with Gasteiger partial charge in [0.05, 0.1) is 11.8 Å². The van der Waals surface area contributed by atoms with Crippen molar-refractivity contribution in [2.75, 3.05) is 5.73 Å². The summed E-state index contributed by atoms with van der Waals surface area (Å²) in [7, 11) is 0. The van der Waals surface area contributed by atoms with Gasteiger partial charge in [0.1, 0.15) is 23.4 Å². The monoisotopic (exact) mass is 279 g/mol. The number of pyridine rings is 1. The van der Waals surface area contributed by atoms with Crippen LogP contribution in [0.5, 0.6) is 0 Å². The van der Waals surface area contributed by atoms with Crippen molar-refractivity contribution in [1.82, 2.24) is 4.98 Å². The third kappa shape index (κ3) is 2.35. The molecule has 0 fully saturated rings. The molecule has 0 unspecified atom stereocenters. The molecule has 0 saturated carbocycles. The summed E-state index contributed by atoms with van der Waals surface area (Å²) in [5.41, 5.74) is 7.68. The van der Waals surface area contributed by atoms with Gasteiger partial charge in [-0.2, -0.15) is 5.26 Å². The minimum atomic E-state index is -0.367. The standard InChI is InChI=1S/C16H10FN3O/c17-12-4-1-3-10(7-12)13-8-11(9-18)16(19)20-15(13)14-5-2-6-21-14/h1-8H,(H2,19,20). The van der Waals surface area contributed by atoms with Gasteiger partial charge < -0.3 is 10.2 Å². The number of rotatable bonds is 2. The number of nitrogen functional groups attached to an aromatic ring is 1. The molecule has 0 radical (unpaired) electrons. The van der Waals surface area contributed by atoms with Crippen molar-refractivity contribution in [2.45, 2.75) is 0 Å². The normalized spacial score (nSPS) is 10.3. The van der Waals surface area contributed by atoms with Gasteiger partial charge in [0.25, 0.3) is 0 Å². The molecule has 1 aromatic carbocycles. The third-order valence-corrected chi connectivity index (χ3v) is 3.06. The Balaban J connectivity index is 2.29. The Kier molecular flexibility index (Phi) is 3.13. The summed E-state index contributed by atoms with van der Waals surface area (Å²) in [5, 5.41) is 9.10. The van der Waals surface area contributed by atoms with Crippen LogP contribution in [-0.2, 0) is 0 Å². The maximum absolute atomic E-state index is 13.5. The highest BCUT2D eigenvalue weighted by atomic mass is 19.1. The Hall–Kier alpha value is -3.13. The van der Waals surface area contributed by atoms with Gasteiger partial charge in [-0.3, -0.25) is 0 Å². The molecule has 2 N–H and O–H groups in total. The van der Waals surface area contributed by atoms with E-state index in [0.717, 1.165) is 0 Å². The molecule has 0 atom stereocenters. The Morgan fingerprint density at radius 1 is 1.19 bits per heavy atom. The zero-order valence-electron chi connectivity index (χ0n) is 10.9. The first-order chi connectivity index (χ1) is 10.2. The zero-order valence-corrected chi connectivity index (χ0v) is 10.9. The Bertz CT molecular complexity index is 835. The average molecular weight is 279 g/mol. The highest BCUT2D eigenvalue weighted by molar-refractivity contribution is 5.81. The summed E-state index contributed by atoms with van der Waals surface area (Å²) in [6.45, 7) is 0. The lowest BCUT2D eigenvalue weighted by Crippen LogP contribution is -1.99. The maximum atomic E-state index is 13.5. The molecule has 0 bridgehead atoms. The van der Waals surface area contributed by atoms with E-state index in [0.29, 0.717) is 22.6 Å². The van der Waals surface area contributed by atoms with Crippen molar-refractivity contribution >= 4 is 5.82 Å². The quantitative estimate of drug-likeness (QED) is 0.777. The molecular weight excluding hydrogens is 269 g/mol. The molecule has 102 valence electrons. The molecule has 21 heavy (non-hydrogen) atoms. The van der Waals surface area contributed by atoms with Gasteiger partial charge in [0, 0.05) is 5.56 Å². The molecule has 2 heterocycles. The Morgan fingerprint density at radius 2 is 2.05 bits per heavy atom. The highest BCUT2D eigenvalue weighted by Gasteiger charge is 2.15. The van der Waals surface area contributed by atoms with Crippen molar-refractivity contribution in [3.05, 3.63) is 60.1 Å². The first-order valence-corrected chi connectivity index (χ1v) is 6.19. The summed E-state index contributed by atoms with van der Waals surface area (Å²) >= 11 is 0. The molecule has 0 saturated heterocycles. The van der Waals surface area contributed by atoms with Crippen LogP contribution in [0.25, 0.3) is 22.6 Å². The molecule has 0 spiro atoms. The lowest BCUT2D eigenvalue weighted by molar-refractivity contribution is 0.580. The van der Waals surface area contributed by atoms with Crippen LogP contribution in [0, 0.1) is 17.1 Å². The number of benzene rings is 1. The van der Waals surface area contributed by atoms with E-state index in [-0.39, 0.29) is 17.2 Å². The van der Waals surface area contributed by atoms with Crippen molar-refractivity contribution in [1.29, 1.82) is 5.26 Å². The number of nitrogens with zero attached hydrogens (tertiary/aromatic N) is 2. The molecule has 0 aliphatic rings. The number of hydrogen-bond donors (Lipinski definition) is 1. The van der Waals surface area contributed by atoms with E-state index in [9.17, 15) is 4.39 Å². The molecule has 3 aromatic rings. The first kappa shape index (κ1) is 12.9. The molecular formula is C16H10FN3O. The van der Waals surface area contributed by atoms with Gasteiger partial charge in [-0.15, -0.1) is 0 Å². The summed E-state index contributed by atoms with van der Waals surface area (Å²) in [5.74, 6) is 0.253. The molecule has 3 rings (SSSR count). The van der Waals surface area contributed by atoms with Crippen LogP contribution in [0.1, 0.15) is 5.56 Å². The van der Waals surface area contributed by atoms with Gasteiger partial charge >= 0.3 is 0 Å². The van der Waals surface area contributed by atoms with Crippen molar-refractivity contribution in [3.8, 4) is 28.7 Å². The number of halogens is 1. The number of hydrogen-bond acceptors (Lipinski definition) is 4. The molecule has 2 aromatic heterocycles. The van der Waals surface area contributed by atoms with Crippen LogP contribution in [-0.4, -0.2) is 4.98 Å². The molecule has 0 amide bonds. The minimum absolute atomic E-state index is 0.115. The van der Waals surface area contributed by atoms with Crippen LogP contribution < -0.4 is 5.73 Å². The molecule has 0 aliphatic carbocycles. The van der Waals surface area contributed by atoms with E-state index in [2.05, 4.69) is 4.98 Å². The zero-order chi connectivity index (χ0) is 14.8. The minimum Gasteiger partial charge on any atom is -0.463 e.